The third-order valence-corrected chi connectivity index (χ3v) is 2.58. The van der Waals surface area contributed by atoms with Crippen LogP contribution in [0.4, 0.5) is 0 Å². The van der Waals surface area contributed by atoms with Crippen LogP contribution in [0.15, 0.2) is 54.6 Å². The Kier molecular flexibility index (Phi) is 4.21. The predicted molar refractivity (Wildman–Crippen MR) is 74.6 cm³/mol. The van der Waals surface area contributed by atoms with Crippen molar-refractivity contribution >= 4 is 23.6 Å². The molecule has 19 heavy (non-hydrogen) atoms. The van der Waals surface area contributed by atoms with E-state index in [4.69, 9.17) is 21.4 Å². The lowest BCUT2D eigenvalue weighted by atomic mass is 10.2. The standard InChI is InChI=1S/C15H11ClO3/c16-12-5-3-6-13(10-12)19-14-7-2-1-4-11(14)8-9-15(17)18/h1-10H,(H,17,18)/b9-8+. The van der Waals surface area contributed by atoms with E-state index in [1.807, 2.05) is 12.1 Å². The number of para-hydroxylation sites is 1. The van der Waals surface area contributed by atoms with Crippen LogP contribution < -0.4 is 4.74 Å². The summed E-state index contributed by atoms with van der Waals surface area (Å²) in [6, 6.07) is 14.2. The number of rotatable bonds is 4. The maximum Gasteiger partial charge on any atom is 0.328 e. The van der Waals surface area contributed by atoms with Crippen molar-refractivity contribution in [2.75, 3.05) is 0 Å². The van der Waals surface area contributed by atoms with E-state index in [1.54, 1.807) is 36.4 Å². The lowest BCUT2D eigenvalue weighted by Gasteiger charge is -2.08. The minimum absolute atomic E-state index is 0.572. The van der Waals surface area contributed by atoms with Gasteiger partial charge in [0.15, 0.2) is 0 Å². The molecule has 0 unspecified atom stereocenters. The summed E-state index contributed by atoms with van der Waals surface area (Å²) < 4.78 is 5.69. The molecule has 0 bridgehead atoms. The van der Waals surface area contributed by atoms with Gasteiger partial charge in [-0.05, 0) is 30.3 Å². The average molecular weight is 275 g/mol. The van der Waals surface area contributed by atoms with Gasteiger partial charge in [-0.15, -0.1) is 0 Å². The van der Waals surface area contributed by atoms with Crippen LogP contribution in [0.1, 0.15) is 5.56 Å². The highest BCUT2D eigenvalue weighted by Gasteiger charge is 2.02. The van der Waals surface area contributed by atoms with Crippen LogP contribution in [0.5, 0.6) is 11.5 Å². The highest BCUT2D eigenvalue weighted by Crippen LogP contribution is 2.27. The summed E-state index contributed by atoms with van der Waals surface area (Å²) in [6.07, 6.45) is 2.56. The molecule has 0 aromatic heterocycles. The lowest BCUT2D eigenvalue weighted by molar-refractivity contribution is -0.131. The lowest BCUT2D eigenvalue weighted by Crippen LogP contribution is -1.89. The Hall–Kier alpha value is -2.26. The Morgan fingerprint density at radius 2 is 1.95 bits per heavy atom. The zero-order chi connectivity index (χ0) is 13.7. The Bertz CT molecular complexity index is 620. The predicted octanol–water partition coefficient (Wildman–Crippen LogP) is 4.23. The van der Waals surface area contributed by atoms with Gasteiger partial charge in [0, 0.05) is 16.7 Å². The second-order valence-corrected chi connectivity index (χ2v) is 4.21. The van der Waals surface area contributed by atoms with Gasteiger partial charge in [-0.3, -0.25) is 0 Å². The van der Waals surface area contributed by atoms with E-state index in [2.05, 4.69) is 0 Å². The van der Waals surface area contributed by atoms with Gasteiger partial charge in [0.2, 0.25) is 0 Å². The number of carboxylic acids is 1. The minimum atomic E-state index is -1.00. The summed E-state index contributed by atoms with van der Waals surface area (Å²) in [5.74, 6) is 0.170. The SMILES string of the molecule is O=C(O)/C=C/c1ccccc1Oc1cccc(Cl)c1. The molecule has 0 spiro atoms. The van der Waals surface area contributed by atoms with Gasteiger partial charge in [0.25, 0.3) is 0 Å². The molecule has 0 aliphatic rings. The molecule has 0 aliphatic carbocycles. The summed E-state index contributed by atoms with van der Waals surface area (Å²) >= 11 is 5.88. The largest absolute Gasteiger partial charge is 0.478 e. The second-order valence-electron chi connectivity index (χ2n) is 3.77. The van der Waals surface area contributed by atoms with Gasteiger partial charge < -0.3 is 9.84 Å². The van der Waals surface area contributed by atoms with Crippen molar-refractivity contribution in [3.05, 3.63) is 65.2 Å². The monoisotopic (exact) mass is 274 g/mol. The van der Waals surface area contributed by atoms with Gasteiger partial charge >= 0.3 is 5.97 Å². The van der Waals surface area contributed by atoms with Crippen molar-refractivity contribution in [2.45, 2.75) is 0 Å². The van der Waals surface area contributed by atoms with Crippen molar-refractivity contribution in [2.24, 2.45) is 0 Å². The van der Waals surface area contributed by atoms with E-state index >= 15 is 0 Å². The van der Waals surface area contributed by atoms with Crippen LogP contribution in [0.3, 0.4) is 0 Å². The van der Waals surface area contributed by atoms with Crippen molar-refractivity contribution in [1.29, 1.82) is 0 Å². The fourth-order valence-corrected chi connectivity index (χ4v) is 1.71. The normalized spacial score (nSPS) is 10.6. The summed E-state index contributed by atoms with van der Waals surface area (Å²) in [5.41, 5.74) is 0.685. The molecule has 4 heteroatoms. The second kappa shape index (κ2) is 6.07. The molecule has 0 saturated carbocycles. The topological polar surface area (TPSA) is 46.5 Å². The molecule has 96 valence electrons. The molecular weight excluding hydrogens is 264 g/mol. The van der Waals surface area contributed by atoms with Gasteiger partial charge in [-0.25, -0.2) is 4.79 Å². The van der Waals surface area contributed by atoms with E-state index < -0.39 is 5.97 Å². The Morgan fingerprint density at radius 1 is 1.16 bits per heavy atom. The third kappa shape index (κ3) is 3.86. The Morgan fingerprint density at radius 3 is 2.68 bits per heavy atom. The molecule has 0 fully saturated rings. The summed E-state index contributed by atoms with van der Waals surface area (Å²) in [6.45, 7) is 0. The van der Waals surface area contributed by atoms with Gasteiger partial charge in [-0.1, -0.05) is 35.9 Å². The first kappa shape index (κ1) is 13.2. The molecule has 0 saturated heterocycles. The molecule has 1 N–H and O–H groups in total. The summed E-state index contributed by atoms with van der Waals surface area (Å²) in [4.78, 5) is 10.5. The summed E-state index contributed by atoms with van der Waals surface area (Å²) in [5, 5.41) is 9.23. The first-order valence-corrected chi connectivity index (χ1v) is 5.96. The van der Waals surface area contributed by atoms with Crippen molar-refractivity contribution < 1.29 is 14.6 Å². The first-order chi connectivity index (χ1) is 9.15. The molecule has 3 nitrogen and oxygen atoms in total. The Balaban J connectivity index is 2.27. The average Bonchev–Trinajstić information content (AvgIpc) is 2.38. The number of carboxylic acid groups (broad SMARTS) is 1. The minimum Gasteiger partial charge on any atom is -0.478 e. The quantitative estimate of drug-likeness (QED) is 0.849. The number of ether oxygens (including phenoxy) is 1. The van der Waals surface area contributed by atoms with Crippen LogP contribution >= 0.6 is 11.6 Å². The van der Waals surface area contributed by atoms with E-state index in [0.717, 1.165) is 6.08 Å². The van der Waals surface area contributed by atoms with Crippen LogP contribution in [-0.2, 0) is 4.79 Å². The van der Waals surface area contributed by atoms with Gasteiger partial charge in [-0.2, -0.15) is 0 Å². The number of carbonyl (C=O) groups is 1. The van der Waals surface area contributed by atoms with E-state index in [0.29, 0.717) is 22.1 Å². The fraction of sp³-hybridized carbons (Fsp3) is 0. The molecule has 2 aromatic carbocycles. The number of benzene rings is 2. The zero-order valence-electron chi connectivity index (χ0n) is 9.92. The van der Waals surface area contributed by atoms with Gasteiger partial charge in [0.1, 0.15) is 11.5 Å². The molecule has 0 heterocycles. The number of hydrogen-bond acceptors (Lipinski definition) is 2. The zero-order valence-corrected chi connectivity index (χ0v) is 10.7. The molecule has 2 aromatic rings. The van der Waals surface area contributed by atoms with E-state index in [1.165, 1.54) is 6.08 Å². The Labute approximate surface area is 115 Å². The smallest absolute Gasteiger partial charge is 0.328 e. The van der Waals surface area contributed by atoms with Crippen LogP contribution in [0, 0.1) is 0 Å². The van der Waals surface area contributed by atoms with Crippen molar-refractivity contribution in [3.8, 4) is 11.5 Å². The molecular formula is C15H11ClO3. The van der Waals surface area contributed by atoms with Crippen molar-refractivity contribution in [3.63, 3.8) is 0 Å². The number of aliphatic carboxylic acids is 1. The van der Waals surface area contributed by atoms with Crippen LogP contribution in [0.25, 0.3) is 6.08 Å². The van der Waals surface area contributed by atoms with Crippen molar-refractivity contribution in [1.82, 2.24) is 0 Å². The van der Waals surface area contributed by atoms with Gasteiger partial charge in [0.05, 0.1) is 0 Å². The van der Waals surface area contributed by atoms with E-state index in [9.17, 15) is 4.79 Å². The molecule has 0 amide bonds. The third-order valence-electron chi connectivity index (χ3n) is 2.35. The molecule has 0 radical (unpaired) electrons. The highest BCUT2D eigenvalue weighted by atomic mass is 35.5. The first-order valence-electron chi connectivity index (χ1n) is 5.58. The molecule has 0 atom stereocenters. The highest BCUT2D eigenvalue weighted by molar-refractivity contribution is 6.30. The van der Waals surface area contributed by atoms with E-state index in [-0.39, 0.29) is 0 Å². The summed E-state index contributed by atoms with van der Waals surface area (Å²) in [7, 11) is 0. The molecule has 0 aliphatic heterocycles. The fourth-order valence-electron chi connectivity index (χ4n) is 1.53. The molecule has 2 rings (SSSR count). The number of hydrogen-bond donors (Lipinski definition) is 1. The maximum atomic E-state index is 10.5. The number of halogens is 1. The van der Waals surface area contributed by atoms with Crippen LogP contribution in [0.2, 0.25) is 5.02 Å². The van der Waals surface area contributed by atoms with Crippen LogP contribution in [-0.4, -0.2) is 11.1 Å². The maximum absolute atomic E-state index is 10.5.